The van der Waals surface area contributed by atoms with Crippen LogP contribution < -0.4 is 21.5 Å². The fraction of sp³-hybridized carbons (Fsp3) is 0.263. The summed E-state index contributed by atoms with van der Waals surface area (Å²) in [4.78, 5) is 22.2. The molecule has 0 aliphatic rings. The number of hydrogen-bond donors (Lipinski definition) is 3. The molecular formula is C19H23N3O3. The third-order valence-corrected chi connectivity index (χ3v) is 3.78. The lowest BCUT2D eigenvalue weighted by atomic mass is 10.1. The zero-order valence-corrected chi connectivity index (χ0v) is 14.2. The molecule has 0 heterocycles. The number of nitrogens with one attached hydrogen (secondary N) is 1. The molecule has 0 fully saturated rings. The van der Waals surface area contributed by atoms with Gasteiger partial charge in [0.15, 0.2) is 0 Å². The van der Waals surface area contributed by atoms with E-state index in [1.54, 1.807) is 7.05 Å². The molecule has 6 heteroatoms. The fourth-order valence-corrected chi connectivity index (χ4v) is 2.35. The van der Waals surface area contributed by atoms with Crippen LogP contribution in [0.4, 0.5) is 0 Å². The molecule has 0 unspecified atom stereocenters. The molecule has 6 nitrogen and oxygen atoms in total. The van der Waals surface area contributed by atoms with E-state index in [1.165, 1.54) is 0 Å². The number of carbonyl (C=O) groups is 2. The molecule has 0 saturated heterocycles. The maximum Gasteiger partial charge on any atom is 0.237 e. The molecule has 132 valence electrons. The number of ether oxygens (including phenoxy) is 1. The molecule has 0 spiro atoms. The van der Waals surface area contributed by atoms with Gasteiger partial charge in [0.25, 0.3) is 0 Å². The first-order valence-corrected chi connectivity index (χ1v) is 8.09. The van der Waals surface area contributed by atoms with Gasteiger partial charge in [-0.15, -0.1) is 0 Å². The van der Waals surface area contributed by atoms with Crippen LogP contribution in [-0.2, 0) is 22.4 Å². The molecule has 2 rings (SSSR count). The van der Waals surface area contributed by atoms with E-state index in [9.17, 15) is 9.59 Å². The Morgan fingerprint density at radius 2 is 1.52 bits per heavy atom. The Balaban J connectivity index is 1.92. The molecule has 0 saturated carbocycles. The van der Waals surface area contributed by atoms with Gasteiger partial charge in [-0.3, -0.25) is 9.59 Å². The van der Waals surface area contributed by atoms with Crippen LogP contribution in [0.15, 0.2) is 48.5 Å². The van der Waals surface area contributed by atoms with Crippen LogP contribution >= 0.6 is 0 Å². The molecule has 0 radical (unpaired) electrons. The normalized spacial score (nSPS) is 11.6. The molecular weight excluding hydrogens is 318 g/mol. The quantitative estimate of drug-likeness (QED) is 0.676. The summed E-state index contributed by atoms with van der Waals surface area (Å²) in [6.45, 7) is 0. The van der Waals surface area contributed by atoms with Gasteiger partial charge in [0.05, 0.1) is 6.04 Å². The van der Waals surface area contributed by atoms with Gasteiger partial charge in [-0.1, -0.05) is 24.3 Å². The summed E-state index contributed by atoms with van der Waals surface area (Å²) in [5.41, 5.74) is 12.9. The van der Waals surface area contributed by atoms with Crippen LogP contribution in [0.2, 0.25) is 0 Å². The van der Waals surface area contributed by atoms with Crippen molar-refractivity contribution >= 4 is 11.8 Å². The van der Waals surface area contributed by atoms with E-state index < -0.39 is 6.04 Å². The smallest absolute Gasteiger partial charge is 0.237 e. The standard InChI is InChI=1S/C19H23N3O3/c1-22-19(24)17(20)12-14-4-9-16(10-5-14)25-15-7-2-13(3-8-15)6-11-18(21)23/h2-5,7-10,17H,6,11-12,20H2,1H3,(H2,21,23)(H,22,24)/t17-/m0/s1. The van der Waals surface area contributed by atoms with Gasteiger partial charge in [0.1, 0.15) is 11.5 Å². The third-order valence-electron chi connectivity index (χ3n) is 3.78. The molecule has 5 N–H and O–H groups in total. The molecule has 2 amide bonds. The Kier molecular flexibility index (Phi) is 6.54. The number of primary amides is 1. The minimum atomic E-state index is -0.565. The topological polar surface area (TPSA) is 107 Å². The predicted molar refractivity (Wildman–Crippen MR) is 96.2 cm³/mol. The maximum absolute atomic E-state index is 11.4. The first kappa shape index (κ1) is 18.5. The lowest BCUT2D eigenvalue weighted by Gasteiger charge is -2.11. The van der Waals surface area contributed by atoms with Crippen molar-refractivity contribution in [3.63, 3.8) is 0 Å². The van der Waals surface area contributed by atoms with Crippen molar-refractivity contribution in [2.75, 3.05) is 7.05 Å². The molecule has 1 atom stereocenters. The van der Waals surface area contributed by atoms with Crippen LogP contribution in [0.1, 0.15) is 17.5 Å². The van der Waals surface area contributed by atoms with E-state index in [0.717, 1.165) is 11.1 Å². The number of benzene rings is 2. The Labute approximate surface area is 147 Å². The van der Waals surface area contributed by atoms with Crippen LogP contribution in [0.5, 0.6) is 11.5 Å². The first-order valence-electron chi connectivity index (χ1n) is 8.09. The van der Waals surface area contributed by atoms with Gasteiger partial charge in [0, 0.05) is 13.5 Å². The van der Waals surface area contributed by atoms with E-state index >= 15 is 0 Å². The summed E-state index contributed by atoms with van der Waals surface area (Å²) >= 11 is 0. The summed E-state index contributed by atoms with van der Waals surface area (Å²) in [6.07, 6.45) is 1.42. The number of aryl methyl sites for hydroxylation is 1. The van der Waals surface area contributed by atoms with E-state index in [2.05, 4.69) is 5.32 Å². The summed E-state index contributed by atoms with van der Waals surface area (Å²) in [7, 11) is 1.57. The zero-order chi connectivity index (χ0) is 18.2. The van der Waals surface area contributed by atoms with Crippen LogP contribution in [0, 0.1) is 0 Å². The SMILES string of the molecule is CNC(=O)[C@@H](N)Cc1ccc(Oc2ccc(CCC(N)=O)cc2)cc1. The van der Waals surface area contributed by atoms with E-state index in [4.69, 9.17) is 16.2 Å². The van der Waals surface area contributed by atoms with Crippen molar-refractivity contribution in [1.29, 1.82) is 0 Å². The minimum Gasteiger partial charge on any atom is -0.457 e. The largest absolute Gasteiger partial charge is 0.457 e. The fourth-order valence-electron chi connectivity index (χ4n) is 2.35. The Morgan fingerprint density at radius 1 is 1.00 bits per heavy atom. The number of carbonyl (C=O) groups excluding carboxylic acids is 2. The zero-order valence-electron chi connectivity index (χ0n) is 14.2. The summed E-state index contributed by atoms with van der Waals surface area (Å²) in [5, 5.41) is 2.53. The number of amides is 2. The Hall–Kier alpha value is -2.86. The van der Waals surface area contributed by atoms with Crippen LogP contribution in [-0.4, -0.2) is 24.9 Å². The molecule has 2 aromatic carbocycles. The molecule has 2 aromatic rings. The highest BCUT2D eigenvalue weighted by atomic mass is 16.5. The molecule has 0 aliphatic heterocycles. The molecule has 0 aromatic heterocycles. The van der Waals surface area contributed by atoms with E-state index in [0.29, 0.717) is 30.8 Å². The van der Waals surface area contributed by atoms with Crippen molar-refractivity contribution in [2.24, 2.45) is 11.5 Å². The van der Waals surface area contributed by atoms with Gasteiger partial charge < -0.3 is 21.5 Å². The minimum absolute atomic E-state index is 0.184. The van der Waals surface area contributed by atoms with Crippen molar-refractivity contribution < 1.29 is 14.3 Å². The van der Waals surface area contributed by atoms with Crippen LogP contribution in [0.25, 0.3) is 0 Å². The van der Waals surface area contributed by atoms with E-state index in [-0.39, 0.29) is 11.8 Å². The number of hydrogen-bond acceptors (Lipinski definition) is 4. The summed E-state index contributed by atoms with van der Waals surface area (Å²) in [5.74, 6) is 0.910. The number of nitrogens with two attached hydrogens (primary N) is 2. The van der Waals surface area contributed by atoms with Crippen molar-refractivity contribution in [3.8, 4) is 11.5 Å². The van der Waals surface area contributed by atoms with E-state index in [1.807, 2.05) is 48.5 Å². The highest BCUT2D eigenvalue weighted by Gasteiger charge is 2.12. The van der Waals surface area contributed by atoms with Crippen molar-refractivity contribution in [3.05, 3.63) is 59.7 Å². The average Bonchev–Trinajstić information content (AvgIpc) is 2.62. The summed E-state index contributed by atoms with van der Waals surface area (Å²) in [6, 6.07) is 14.4. The second-order valence-corrected chi connectivity index (χ2v) is 5.78. The average molecular weight is 341 g/mol. The monoisotopic (exact) mass is 341 g/mol. The second kappa shape index (κ2) is 8.84. The maximum atomic E-state index is 11.4. The number of rotatable bonds is 8. The Bertz CT molecular complexity index is 712. The van der Waals surface area contributed by atoms with Gasteiger partial charge in [-0.2, -0.15) is 0 Å². The lowest BCUT2D eigenvalue weighted by molar-refractivity contribution is -0.122. The van der Waals surface area contributed by atoms with Gasteiger partial charge in [0.2, 0.25) is 11.8 Å². The highest BCUT2D eigenvalue weighted by molar-refractivity contribution is 5.81. The van der Waals surface area contributed by atoms with Gasteiger partial charge >= 0.3 is 0 Å². The first-order chi connectivity index (χ1) is 12.0. The molecule has 0 aliphatic carbocycles. The van der Waals surface area contributed by atoms with Gasteiger partial charge in [-0.25, -0.2) is 0 Å². The highest BCUT2D eigenvalue weighted by Crippen LogP contribution is 2.22. The number of likely N-dealkylation sites (N-methyl/N-ethyl adjacent to an activating group) is 1. The van der Waals surface area contributed by atoms with Crippen molar-refractivity contribution in [1.82, 2.24) is 5.32 Å². The molecule has 25 heavy (non-hydrogen) atoms. The van der Waals surface area contributed by atoms with Crippen molar-refractivity contribution in [2.45, 2.75) is 25.3 Å². The predicted octanol–water partition coefficient (Wildman–Crippen LogP) is 1.51. The third kappa shape index (κ3) is 5.93. The summed E-state index contributed by atoms with van der Waals surface area (Å²) < 4.78 is 5.79. The Morgan fingerprint density at radius 3 is 2.00 bits per heavy atom. The van der Waals surface area contributed by atoms with Crippen LogP contribution in [0.3, 0.4) is 0 Å². The second-order valence-electron chi connectivity index (χ2n) is 5.78. The lowest BCUT2D eigenvalue weighted by Crippen LogP contribution is -2.40. The van der Waals surface area contributed by atoms with Gasteiger partial charge in [-0.05, 0) is 48.2 Å². The molecule has 0 bridgehead atoms.